The smallest absolute Gasteiger partial charge is 0.462 e. The molecular formula is C85H162O17P2. The van der Waals surface area contributed by atoms with E-state index in [1.54, 1.807) is 0 Å². The zero-order valence-electron chi connectivity index (χ0n) is 67.7. The molecule has 104 heavy (non-hydrogen) atoms. The summed E-state index contributed by atoms with van der Waals surface area (Å²) in [6.07, 6.45) is 73.0. The van der Waals surface area contributed by atoms with Crippen LogP contribution in [0.25, 0.3) is 0 Å². The number of ether oxygens (including phenoxy) is 4. The van der Waals surface area contributed by atoms with Crippen molar-refractivity contribution >= 4 is 39.5 Å². The standard InChI is InChI=1S/C85H162O17P2/c1-6-9-12-15-18-21-24-27-29-30-31-32-33-34-35-37-39-45-50-55-60-65-70-84(89)101-81(75-96-83(88)69-64-59-54-49-44-38-36-28-25-22-19-16-13-10-7-2)77-100-104(93,94)98-73-79(86)72-97-103(91,92)99-76-80(74-95-82(87)68-63-58-53-48-43-26-23-20-17-14-11-8-3)102-85(90)71-66-61-56-51-46-41-40-42-47-52-57-62-67-78(4)5/h22,25,28,36,78-81,86H,6-21,23-24,26-27,29-35,37-77H2,1-5H3,(H,91,92)(H,93,94)/b25-22-,36-28-/t79-,80+,81+/m0/s1. The number of allylic oxidation sites excluding steroid dienone is 4. The van der Waals surface area contributed by atoms with Crippen molar-refractivity contribution in [2.45, 2.75) is 451 Å². The topological polar surface area (TPSA) is 237 Å². The Morgan fingerprint density at radius 3 is 0.788 bits per heavy atom. The number of carbonyl (C=O) groups is 4. The maximum absolute atomic E-state index is 13.1. The van der Waals surface area contributed by atoms with Crippen molar-refractivity contribution in [3.8, 4) is 0 Å². The second-order valence-electron chi connectivity index (χ2n) is 30.4. The molecule has 0 saturated heterocycles. The van der Waals surface area contributed by atoms with Crippen molar-refractivity contribution in [2.75, 3.05) is 39.6 Å². The minimum Gasteiger partial charge on any atom is -0.462 e. The van der Waals surface area contributed by atoms with E-state index in [4.69, 9.17) is 37.0 Å². The van der Waals surface area contributed by atoms with Crippen molar-refractivity contribution in [3.63, 3.8) is 0 Å². The summed E-state index contributed by atoms with van der Waals surface area (Å²) >= 11 is 0. The summed E-state index contributed by atoms with van der Waals surface area (Å²) in [6.45, 7) is 7.29. The molecule has 0 aliphatic rings. The highest BCUT2D eigenvalue weighted by atomic mass is 31.2. The zero-order valence-corrected chi connectivity index (χ0v) is 69.4. The molecule has 0 saturated carbocycles. The molecule has 0 bridgehead atoms. The van der Waals surface area contributed by atoms with Crippen LogP contribution in [0.15, 0.2) is 24.3 Å². The molecule has 0 aliphatic heterocycles. The van der Waals surface area contributed by atoms with Crippen LogP contribution in [0.4, 0.5) is 0 Å². The number of aliphatic hydroxyl groups excluding tert-OH is 1. The molecule has 0 fully saturated rings. The van der Waals surface area contributed by atoms with Crippen LogP contribution >= 0.6 is 15.6 Å². The highest BCUT2D eigenvalue weighted by Gasteiger charge is 2.30. The number of aliphatic hydroxyl groups is 1. The van der Waals surface area contributed by atoms with Crippen LogP contribution in [-0.4, -0.2) is 96.7 Å². The van der Waals surface area contributed by atoms with Gasteiger partial charge in [-0.3, -0.25) is 37.3 Å². The molecule has 0 radical (unpaired) electrons. The fourth-order valence-corrected chi connectivity index (χ4v) is 14.3. The summed E-state index contributed by atoms with van der Waals surface area (Å²) in [4.78, 5) is 73.2. The second-order valence-corrected chi connectivity index (χ2v) is 33.3. The summed E-state index contributed by atoms with van der Waals surface area (Å²) in [5.41, 5.74) is 0. The Hall–Kier alpha value is -2.46. The first-order valence-corrected chi connectivity index (χ1v) is 46.4. The van der Waals surface area contributed by atoms with Crippen LogP contribution in [0.3, 0.4) is 0 Å². The van der Waals surface area contributed by atoms with Gasteiger partial charge in [0.25, 0.3) is 0 Å². The second kappa shape index (κ2) is 77.3. The maximum atomic E-state index is 13.1. The number of phosphoric ester groups is 2. The predicted molar refractivity (Wildman–Crippen MR) is 428 cm³/mol. The van der Waals surface area contributed by atoms with Gasteiger partial charge in [-0.1, -0.05) is 380 Å². The average Bonchev–Trinajstić information content (AvgIpc) is 0.909. The molecule has 0 aliphatic carbocycles. The first-order valence-electron chi connectivity index (χ1n) is 43.5. The van der Waals surface area contributed by atoms with E-state index in [1.165, 1.54) is 238 Å². The lowest BCUT2D eigenvalue weighted by atomic mass is 10.0. The van der Waals surface area contributed by atoms with Crippen molar-refractivity contribution in [1.29, 1.82) is 0 Å². The molecule has 0 aromatic carbocycles. The fourth-order valence-electron chi connectivity index (χ4n) is 12.8. The lowest BCUT2D eigenvalue weighted by molar-refractivity contribution is -0.161. The third kappa shape index (κ3) is 77.7. The molecule has 17 nitrogen and oxygen atoms in total. The molecule has 0 spiro atoms. The van der Waals surface area contributed by atoms with Gasteiger partial charge in [0.05, 0.1) is 26.4 Å². The Morgan fingerprint density at radius 2 is 0.519 bits per heavy atom. The van der Waals surface area contributed by atoms with Gasteiger partial charge < -0.3 is 33.8 Å². The number of hydrogen-bond acceptors (Lipinski definition) is 15. The number of esters is 4. The van der Waals surface area contributed by atoms with Gasteiger partial charge in [-0.05, 0) is 57.3 Å². The van der Waals surface area contributed by atoms with Gasteiger partial charge in [-0.2, -0.15) is 0 Å². The Morgan fingerprint density at radius 1 is 0.298 bits per heavy atom. The molecule has 19 heteroatoms. The number of unbranched alkanes of at least 4 members (excludes halogenated alkanes) is 52. The molecule has 0 rings (SSSR count). The predicted octanol–water partition coefficient (Wildman–Crippen LogP) is 25.5. The van der Waals surface area contributed by atoms with E-state index in [2.05, 4.69) is 58.9 Å². The summed E-state index contributed by atoms with van der Waals surface area (Å²) in [5, 5.41) is 10.7. The van der Waals surface area contributed by atoms with Crippen LogP contribution in [-0.2, 0) is 65.4 Å². The highest BCUT2D eigenvalue weighted by molar-refractivity contribution is 7.47. The highest BCUT2D eigenvalue weighted by Crippen LogP contribution is 2.45. The van der Waals surface area contributed by atoms with Crippen LogP contribution in [0.5, 0.6) is 0 Å². The monoisotopic (exact) mass is 1520 g/mol. The third-order valence-electron chi connectivity index (χ3n) is 19.4. The maximum Gasteiger partial charge on any atom is 0.472 e. The van der Waals surface area contributed by atoms with Gasteiger partial charge in [-0.25, -0.2) is 9.13 Å². The zero-order chi connectivity index (χ0) is 76.2. The van der Waals surface area contributed by atoms with E-state index in [-0.39, 0.29) is 25.7 Å². The normalized spacial score (nSPS) is 13.9. The van der Waals surface area contributed by atoms with Crippen LogP contribution in [0.2, 0.25) is 0 Å². The van der Waals surface area contributed by atoms with Gasteiger partial charge in [0.2, 0.25) is 0 Å². The van der Waals surface area contributed by atoms with Gasteiger partial charge >= 0.3 is 39.5 Å². The molecule has 0 aromatic heterocycles. The van der Waals surface area contributed by atoms with E-state index in [1.807, 2.05) is 0 Å². The molecule has 0 amide bonds. The molecule has 0 aromatic rings. The van der Waals surface area contributed by atoms with Crippen LogP contribution < -0.4 is 0 Å². The third-order valence-corrected chi connectivity index (χ3v) is 21.3. The van der Waals surface area contributed by atoms with Crippen molar-refractivity contribution in [1.82, 2.24) is 0 Å². The molecule has 0 heterocycles. The summed E-state index contributed by atoms with van der Waals surface area (Å²) in [7, 11) is -9.94. The quantitative estimate of drug-likeness (QED) is 0.0169. The van der Waals surface area contributed by atoms with Crippen LogP contribution in [0.1, 0.15) is 433 Å². The van der Waals surface area contributed by atoms with Crippen molar-refractivity contribution in [2.24, 2.45) is 5.92 Å². The molecule has 5 atom stereocenters. The lowest BCUT2D eigenvalue weighted by Crippen LogP contribution is -2.30. The van der Waals surface area contributed by atoms with E-state index in [0.29, 0.717) is 25.7 Å². The Balaban J connectivity index is 5.26. The Bertz CT molecular complexity index is 2070. The Kier molecular flexibility index (Phi) is 75.4. The van der Waals surface area contributed by atoms with Crippen molar-refractivity contribution < 1.29 is 80.2 Å². The fraction of sp³-hybridized carbons (Fsp3) is 0.906. The summed E-state index contributed by atoms with van der Waals surface area (Å²) in [6, 6.07) is 0. The number of hydrogen-bond donors (Lipinski definition) is 3. The number of phosphoric acid groups is 2. The van der Waals surface area contributed by atoms with Gasteiger partial charge in [0.15, 0.2) is 12.2 Å². The number of rotatable bonds is 83. The van der Waals surface area contributed by atoms with Gasteiger partial charge in [-0.15, -0.1) is 0 Å². The SMILES string of the molecule is CCCCCC/C=C\C=C/CCCCCCCC(=O)OC[C@H](COP(=O)(O)OC[C@@H](O)COP(=O)(O)OC[C@@H](COC(=O)CCCCCCCCCCCCCC)OC(=O)CCCCCCCCCCCCCCC(C)C)OC(=O)CCCCCCCCCCCCCCCCCCCCCCCC. The van der Waals surface area contributed by atoms with Crippen LogP contribution in [0, 0.1) is 5.92 Å². The van der Waals surface area contributed by atoms with Gasteiger partial charge in [0.1, 0.15) is 19.3 Å². The molecule has 614 valence electrons. The summed E-state index contributed by atoms with van der Waals surface area (Å²) in [5.74, 6) is -1.36. The van der Waals surface area contributed by atoms with Crippen molar-refractivity contribution in [3.05, 3.63) is 24.3 Å². The van der Waals surface area contributed by atoms with Gasteiger partial charge in [0, 0.05) is 25.7 Å². The van der Waals surface area contributed by atoms with E-state index < -0.39 is 97.5 Å². The first kappa shape index (κ1) is 102. The first-order chi connectivity index (χ1) is 50.5. The lowest BCUT2D eigenvalue weighted by Gasteiger charge is -2.21. The average molecular weight is 1520 g/mol. The summed E-state index contributed by atoms with van der Waals surface area (Å²) < 4.78 is 68.8. The molecule has 2 unspecified atom stereocenters. The Labute approximate surface area is 637 Å². The number of carbonyl (C=O) groups excluding carboxylic acids is 4. The van der Waals surface area contributed by atoms with E-state index in [9.17, 15) is 43.2 Å². The minimum atomic E-state index is -4.97. The molecule has 3 N–H and O–H groups in total. The largest absolute Gasteiger partial charge is 0.472 e. The van der Waals surface area contributed by atoms with E-state index >= 15 is 0 Å². The minimum absolute atomic E-state index is 0.102. The van der Waals surface area contributed by atoms with E-state index in [0.717, 1.165) is 115 Å². The molecular weight excluding hydrogens is 1350 g/mol.